The minimum Gasteiger partial charge on any atom is -0.480 e. The largest absolute Gasteiger partial charge is 0.480 e. The van der Waals surface area contributed by atoms with Crippen LogP contribution >= 0.6 is 0 Å². The molecule has 106 valence electrons. The highest BCUT2D eigenvalue weighted by molar-refractivity contribution is 5.79. The Morgan fingerprint density at radius 3 is 2.84 bits per heavy atom. The molecule has 0 spiro atoms. The van der Waals surface area contributed by atoms with E-state index in [0.717, 1.165) is 31.5 Å². The maximum Gasteiger partial charge on any atom is 0.326 e. The number of aliphatic carboxylic acids is 1. The second-order valence-electron chi connectivity index (χ2n) is 5.30. The zero-order valence-corrected chi connectivity index (χ0v) is 11.7. The molecule has 19 heavy (non-hydrogen) atoms. The van der Waals surface area contributed by atoms with E-state index in [1.807, 2.05) is 17.7 Å². The molecule has 1 aliphatic carbocycles. The molecule has 1 aliphatic rings. The number of aromatic nitrogens is 2. The van der Waals surface area contributed by atoms with Crippen LogP contribution in [0.25, 0.3) is 0 Å². The van der Waals surface area contributed by atoms with Crippen molar-refractivity contribution in [1.82, 2.24) is 14.9 Å². The molecular formula is C14H23N3O2. The van der Waals surface area contributed by atoms with Gasteiger partial charge in [0.1, 0.15) is 11.4 Å². The van der Waals surface area contributed by atoms with Gasteiger partial charge in [-0.3, -0.25) is 4.79 Å². The van der Waals surface area contributed by atoms with Gasteiger partial charge in [0.25, 0.3) is 0 Å². The van der Waals surface area contributed by atoms with E-state index in [9.17, 15) is 9.90 Å². The van der Waals surface area contributed by atoms with Crippen LogP contribution in [-0.4, -0.2) is 32.7 Å². The fraction of sp³-hybridized carbons (Fsp3) is 0.714. The summed E-state index contributed by atoms with van der Waals surface area (Å²) in [6.07, 6.45) is 7.55. The minimum absolute atomic E-state index is 0.238. The zero-order valence-electron chi connectivity index (χ0n) is 11.7. The Hall–Kier alpha value is -1.36. The van der Waals surface area contributed by atoms with Gasteiger partial charge in [-0.15, -0.1) is 0 Å². The number of carboxylic acid groups (broad SMARTS) is 1. The molecule has 5 heteroatoms. The van der Waals surface area contributed by atoms with E-state index in [4.69, 9.17) is 0 Å². The molecule has 1 heterocycles. The van der Waals surface area contributed by atoms with E-state index in [0.29, 0.717) is 13.1 Å². The van der Waals surface area contributed by atoms with Crippen LogP contribution in [0.5, 0.6) is 0 Å². The van der Waals surface area contributed by atoms with Crippen LogP contribution < -0.4 is 5.32 Å². The van der Waals surface area contributed by atoms with Gasteiger partial charge in [0.15, 0.2) is 0 Å². The van der Waals surface area contributed by atoms with Crippen molar-refractivity contribution in [2.75, 3.05) is 6.54 Å². The van der Waals surface area contributed by atoms with Gasteiger partial charge in [-0.05, 0) is 31.7 Å². The third-order valence-corrected chi connectivity index (χ3v) is 3.84. The van der Waals surface area contributed by atoms with Crippen LogP contribution in [0, 0.1) is 5.92 Å². The van der Waals surface area contributed by atoms with Crippen molar-refractivity contribution in [3.63, 3.8) is 0 Å². The van der Waals surface area contributed by atoms with Crippen molar-refractivity contribution in [3.8, 4) is 0 Å². The van der Waals surface area contributed by atoms with Crippen molar-refractivity contribution >= 4 is 5.97 Å². The Bertz CT molecular complexity index is 440. The fourth-order valence-corrected chi connectivity index (χ4v) is 2.74. The van der Waals surface area contributed by atoms with Gasteiger partial charge < -0.3 is 15.0 Å². The molecule has 2 rings (SSSR count). The summed E-state index contributed by atoms with van der Waals surface area (Å²) in [7, 11) is 0. The molecule has 1 unspecified atom stereocenters. The van der Waals surface area contributed by atoms with Gasteiger partial charge >= 0.3 is 5.97 Å². The number of hydrogen-bond acceptors (Lipinski definition) is 3. The first-order valence-electron chi connectivity index (χ1n) is 7.12. The Kier molecular flexibility index (Phi) is 4.24. The van der Waals surface area contributed by atoms with E-state index in [1.54, 1.807) is 6.20 Å². The van der Waals surface area contributed by atoms with E-state index >= 15 is 0 Å². The molecule has 1 fully saturated rings. The monoisotopic (exact) mass is 265 g/mol. The normalized spacial score (nSPS) is 18.2. The van der Waals surface area contributed by atoms with Gasteiger partial charge in [0.2, 0.25) is 0 Å². The average molecular weight is 265 g/mol. The van der Waals surface area contributed by atoms with Crippen LogP contribution in [0.15, 0.2) is 12.4 Å². The minimum atomic E-state index is -0.835. The number of nitrogens with zero attached hydrogens (tertiary/aromatic N) is 2. The van der Waals surface area contributed by atoms with Crippen LogP contribution in [-0.2, 0) is 17.8 Å². The smallest absolute Gasteiger partial charge is 0.326 e. The number of carboxylic acids is 1. The quantitative estimate of drug-likeness (QED) is 0.750. The van der Waals surface area contributed by atoms with Crippen molar-refractivity contribution < 1.29 is 9.90 Å². The maximum atomic E-state index is 11.8. The van der Waals surface area contributed by atoms with E-state index in [-0.39, 0.29) is 5.92 Å². The number of rotatable bonds is 8. The first-order chi connectivity index (χ1) is 9.14. The highest BCUT2D eigenvalue weighted by atomic mass is 16.4. The number of carbonyl (C=O) groups is 1. The summed E-state index contributed by atoms with van der Waals surface area (Å²) >= 11 is 0. The fourth-order valence-electron chi connectivity index (χ4n) is 2.74. The maximum absolute atomic E-state index is 11.8. The number of likely N-dealkylation sites (N-methyl/N-ethyl adjacent to an activating group) is 1. The molecule has 5 nitrogen and oxygen atoms in total. The Balaban J connectivity index is 2.24. The predicted molar refractivity (Wildman–Crippen MR) is 73.0 cm³/mol. The van der Waals surface area contributed by atoms with Crippen molar-refractivity contribution in [2.45, 2.75) is 51.6 Å². The van der Waals surface area contributed by atoms with E-state index in [2.05, 4.69) is 17.2 Å². The van der Waals surface area contributed by atoms with Crippen molar-refractivity contribution in [2.24, 2.45) is 5.92 Å². The summed E-state index contributed by atoms with van der Waals surface area (Å²) in [5, 5.41) is 12.9. The van der Waals surface area contributed by atoms with Crippen molar-refractivity contribution in [1.29, 1.82) is 0 Å². The molecular weight excluding hydrogens is 242 g/mol. The standard InChI is InChI=1S/C14H23N3O2/c1-3-5-12-15-8-9-17(12)10-14(13(18)19,16-4-2)11-6-7-11/h8-9,11,16H,3-7,10H2,1-2H3,(H,18,19). The number of hydrogen-bond donors (Lipinski definition) is 2. The summed E-state index contributed by atoms with van der Waals surface area (Å²) in [5.74, 6) is 0.474. The van der Waals surface area contributed by atoms with E-state index < -0.39 is 11.5 Å². The molecule has 1 aromatic heterocycles. The summed E-state index contributed by atoms with van der Waals surface area (Å²) in [4.78, 5) is 16.1. The lowest BCUT2D eigenvalue weighted by molar-refractivity contribution is -0.146. The second kappa shape index (κ2) is 5.74. The predicted octanol–water partition coefficient (Wildman–Crippen LogP) is 1.68. The third kappa shape index (κ3) is 2.81. The zero-order chi connectivity index (χ0) is 13.9. The lowest BCUT2D eigenvalue weighted by atomic mass is 9.92. The number of nitrogens with one attached hydrogen (secondary N) is 1. The highest BCUT2D eigenvalue weighted by Crippen LogP contribution is 2.41. The Labute approximate surface area is 114 Å². The Morgan fingerprint density at radius 2 is 2.32 bits per heavy atom. The topological polar surface area (TPSA) is 67.2 Å². The molecule has 0 saturated heterocycles. The molecule has 1 saturated carbocycles. The number of aryl methyl sites for hydroxylation is 1. The summed E-state index contributed by atoms with van der Waals surface area (Å²) in [6.45, 7) is 5.20. The molecule has 0 aromatic carbocycles. The first-order valence-corrected chi connectivity index (χ1v) is 7.12. The molecule has 2 N–H and O–H groups in total. The third-order valence-electron chi connectivity index (χ3n) is 3.84. The summed E-state index contributed by atoms with van der Waals surface area (Å²) in [6, 6.07) is 0. The van der Waals surface area contributed by atoms with Gasteiger partial charge in [-0.2, -0.15) is 0 Å². The Morgan fingerprint density at radius 1 is 1.58 bits per heavy atom. The van der Waals surface area contributed by atoms with E-state index in [1.165, 1.54) is 0 Å². The molecule has 1 atom stereocenters. The van der Waals surface area contributed by atoms with Gasteiger partial charge in [0.05, 0.1) is 6.54 Å². The average Bonchev–Trinajstić information content (AvgIpc) is 3.13. The molecule has 0 aliphatic heterocycles. The summed E-state index contributed by atoms with van der Waals surface area (Å²) in [5.41, 5.74) is -0.835. The lowest BCUT2D eigenvalue weighted by Crippen LogP contribution is -2.57. The lowest BCUT2D eigenvalue weighted by Gasteiger charge is -2.31. The summed E-state index contributed by atoms with van der Waals surface area (Å²) < 4.78 is 2.00. The van der Waals surface area contributed by atoms with Crippen LogP contribution in [0.1, 0.15) is 38.9 Å². The van der Waals surface area contributed by atoms with Crippen molar-refractivity contribution in [3.05, 3.63) is 18.2 Å². The van der Waals surface area contributed by atoms with Crippen LogP contribution in [0.3, 0.4) is 0 Å². The second-order valence-corrected chi connectivity index (χ2v) is 5.30. The van der Waals surface area contributed by atoms with Gasteiger partial charge in [0, 0.05) is 18.8 Å². The highest BCUT2D eigenvalue weighted by Gasteiger charge is 2.51. The molecule has 0 radical (unpaired) electrons. The first kappa shape index (κ1) is 14.1. The van der Waals surface area contributed by atoms with Gasteiger partial charge in [-0.25, -0.2) is 4.98 Å². The molecule has 0 amide bonds. The number of imidazole rings is 1. The van der Waals surface area contributed by atoms with Gasteiger partial charge in [-0.1, -0.05) is 13.8 Å². The van der Waals surface area contributed by atoms with Crippen LogP contribution in [0.4, 0.5) is 0 Å². The molecule has 0 bridgehead atoms. The SMILES string of the molecule is CCCc1nccn1CC(NCC)(C(=O)O)C1CC1. The molecule has 1 aromatic rings. The van der Waals surface area contributed by atoms with Crippen LogP contribution in [0.2, 0.25) is 0 Å².